The molecule has 0 saturated heterocycles. The number of carbonyl (C=O) groups is 1. The van der Waals surface area contributed by atoms with Crippen LogP contribution in [0.4, 0.5) is 13.2 Å². The zero-order valence-corrected chi connectivity index (χ0v) is 10.3. The van der Waals surface area contributed by atoms with Gasteiger partial charge in [-0.3, -0.25) is 4.79 Å². The molecule has 100 valence electrons. The van der Waals surface area contributed by atoms with Crippen molar-refractivity contribution >= 4 is 18.6 Å². The van der Waals surface area contributed by atoms with Gasteiger partial charge >= 0.3 is 12.3 Å². The number of hydrogen-bond acceptors (Lipinski definition) is 4. The molecule has 0 aliphatic rings. The van der Waals surface area contributed by atoms with Gasteiger partial charge in [0, 0.05) is 10.5 Å². The molecule has 0 radical (unpaired) electrons. The Morgan fingerprint density at radius 3 is 2.61 bits per heavy atom. The summed E-state index contributed by atoms with van der Waals surface area (Å²) < 4.78 is 45.0. The summed E-state index contributed by atoms with van der Waals surface area (Å²) in [5, 5.41) is 0. The molecule has 0 aromatic heterocycles. The Morgan fingerprint density at radius 2 is 2.06 bits per heavy atom. The predicted octanol–water partition coefficient (Wildman–Crippen LogP) is 2.98. The second-order valence-electron chi connectivity index (χ2n) is 3.32. The van der Waals surface area contributed by atoms with E-state index in [-0.39, 0.29) is 18.6 Å². The van der Waals surface area contributed by atoms with Gasteiger partial charge in [-0.2, -0.15) is 0 Å². The van der Waals surface area contributed by atoms with Crippen molar-refractivity contribution in [3.63, 3.8) is 0 Å². The molecule has 7 heteroatoms. The number of thiol groups is 1. The van der Waals surface area contributed by atoms with Crippen molar-refractivity contribution in [3.8, 4) is 5.75 Å². The van der Waals surface area contributed by atoms with Gasteiger partial charge in [0.25, 0.3) is 0 Å². The Labute approximate surface area is 107 Å². The van der Waals surface area contributed by atoms with Gasteiger partial charge in [0.2, 0.25) is 0 Å². The topological polar surface area (TPSA) is 35.5 Å². The molecule has 0 spiro atoms. The van der Waals surface area contributed by atoms with Crippen molar-refractivity contribution in [2.24, 2.45) is 0 Å². The van der Waals surface area contributed by atoms with Gasteiger partial charge in [-0.1, -0.05) is 6.07 Å². The number of benzene rings is 1. The highest BCUT2D eigenvalue weighted by atomic mass is 32.1. The lowest BCUT2D eigenvalue weighted by Gasteiger charge is -2.13. The molecule has 0 aliphatic heterocycles. The fourth-order valence-electron chi connectivity index (χ4n) is 1.28. The van der Waals surface area contributed by atoms with E-state index in [0.717, 1.165) is 6.07 Å². The van der Waals surface area contributed by atoms with Crippen molar-refractivity contribution in [2.45, 2.75) is 24.6 Å². The highest BCUT2D eigenvalue weighted by Crippen LogP contribution is 2.29. The summed E-state index contributed by atoms with van der Waals surface area (Å²) >= 11 is 3.92. The van der Waals surface area contributed by atoms with E-state index in [1.807, 2.05) is 0 Å². The zero-order chi connectivity index (χ0) is 13.8. The normalized spacial score (nSPS) is 11.2. The predicted molar refractivity (Wildman–Crippen MR) is 60.7 cm³/mol. The van der Waals surface area contributed by atoms with Crippen molar-refractivity contribution in [3.05, 3.63) is 23.8 Å². The lowest BCUT2D eigenvalue weighted by molar-refractivity contribution is -0.275. The Bertz CT molecular complexity index is 432. The number of ether oxygens (including phenoxy) is 2. The molecule has 1 rings (SSSR count). The van der Waals surface area contributed by atoms with E-state index in [0.29, 0.717) is 4.90 Å². The number of halogens is 3. The molecular weight excluding hydrogens is 269 g/mol. The monoisotopic (exact) mass is 280 g/mol. The number of rotatable bonds is 4. The Hall–Kier alpha value is -1.37. The molecule has 1 aromatic rings. The summed E-state index contributed by atoms with van der Waals surface area (Å²) in [4.78, 5) is 11.5. The fraction of sp³-hybridized carbons (Fsp3) is 0.364. The zero-order valence-electron chi connectivity index (χ0n) is 9.45. The van der Waals surface area contributed by atoms with Crippen LogP contribution in [0.25, 0.3) is 0 Å². The smallest absolute Gasteiger partial charge is 0.466 e. The Kier molecular flexibility index (Phi) is 4.89. The van der Waals surface area contributed by atoms with Crippen molar-refractivity contribution in [2.75, 3.05) is 6.61 Å². The fourth-order valence-corrected chi connectivity index (χ4v) is 1.47. The average molecular weight is 280 g/mol. The molecule has 0 aliphatic carbocycles. The Morgan fingerprint density at radius 1 is 1.39 bits per heavy atom. The number of hydrogen-bond donors (Lipinski definition) is 1. The summed E-state index contributed by atoms with van der Waals surface area (Å²) in [6.07, 6.45) is -5.10. The Balaban J connectivity index is 2.93. The first-order valence-corrected chi connectivity index (χ1v) is 5.50. The van der Waals surface area contributed by atoms with Crippen molar-refractivity contribution in [1.29, 1.82) is 0 Å². The first-order chi connectivity index (χ1) is 8.31. The van der Waals surface area contributed by atoms with Crippen LogP contribution in [0, 0.1) is 0 Å². The van der Waals surface area contributed by atoms with E-state index in [1.165, 1.54) is 12.1 Å². The second-order valence-corrected chi connectivity index (χ2v) is 3.84. The van der Waals surface area contributed by atoms with Gasteiger partial charge in [-0.15, -0.1) is 25.8 Å². The van der Waals surface area contributed by atoms with Crippen LogP contribution < -0.4 is 4.74 Å². The second kappa shape index (κ2) is 5.99. The molecule has 0 heterocycles. The first kappa shape index (κ1) is 14.7. The lowest BCUT2D eigenvalue weighted by Crippen LogP contribution is -2.19. The van der Waals surface area contributed by atoms with E-state index in [9.17, 15) is 18.0 Å². The summed E-state index contributed by atoms with van der Waals surface area (Å²) in [5.74, 6) is -1.06. The van der Waals surface area contributed by atoms with Crippen LogP contribution in [0.1, 0.15) is 12.5 Å². The maximum atomic E-state index is 12.2. The van der Waals surface area contributed by atoms with Gasteiger partial charge in [-0.25, -0.2) is 0 Å². The third-order valence-corrected chi connectivity index (χ3v) is 2.19. The molecule has 0 atom stereocenters. The third kappa shape index (κ3) is 4.87. The largest absolute Gasteiger partial charge is 0.573 e. The van der Waals surface area contributed by atoms with Gasteiger partial charge in [0.1, 0.15) is 5.75 Å². The van der Waals surface area contributed by atoms with Crippen LogP contribution in [-0.2, 0) is 16.0 Å². The standard InChI is InChI=1S/C11H11F3O3S/c1-2-16-10(15)5-7-3-4-8(18)6-9(7)17-11(12,13)14/h3-4,6,18H,2,5H2,1H3. The van der Waals surface area contributed by atoms with E-state index >= 15 is 0 Å². The van der Waals surface area contributed by atoms with Crippen molar-refractivity contribution in [1.82, 2.24) is 0 Å². The highest BCUT2D eigenvalue weighted by Gasteiger charge is 2.32. The van der Waals surface area contributed by atoms with Crippen LogP contribution in [0.15, 0.2) is 23.1 Å². The van der Waals surface area contributed by atoms with Crippen LogP contribution in [0.2, 0.25) is 0 Å². The summed E-state index contributed by atoms with van der Waals surface area (Å²) in [7, 11) is 0. The van der Waals surface area contributed by atoms with Crippen LogP contribution in [0.5, 0.6) is 5.75 Å². The van der Waals surface area contributed by atoms with E-state index in [1.54, 1.807) is 6.92 Å². The molecule has 18 heavy (non-hydrogen) atoms. The average Bonchev–Trinajstić information content (AvgIpc) is 2.20. The molecule has 0 fully saturated rings. The van der Waals surface area contributed by atoms with Gasteiger partial charge in [0.05, 0.1) is 13.0 Å². The van der Waals surface area contributed by atoms with Gasteiger partial charge < -0.3 is 9.47 Å². The maximum absolute atomic E-state index is 12.2. The first-order valence-electron chi connectivity index (χ1n) is 5.05. The van der Waals surface area contributed by atoms with Crippen LogP contribution in [-0.4, -0.2) is 18.9 Å². The molecule has 0 bridgehead atoms. The minimum absolute atomic E-state index is 0.101. The van der Waals surface area contributed by atoms with Crippen LogP contribution in [0.3, 0.4) is 0 Å². The van der Waals surface area contributed by atoms with E-state index in [4.69, 9.17) is 0 Å². The molecule has 3 nitrogen and oxygen atoms in total. The summed E-state index contributed by atoms with van der Waals surface area (Å²) in [6, 6.07) is 3.92. The van der Waals surface area contributed by atoms with Crippen molar-refractivity contribution < 1.29 is 27.4 Å². The van der Waals surface area contributed by atoms with Gasteiger partial charge in [0.15, 0.2) is 0 Å². The minimum Gasteiger partial charge on any atom is -0.466 e. The molecule has 0 amide bonds. The maximum Gasteiger partial charge on any atom is 0.573 e. The third-order valence-electron chi connectivity index (χ3n) is 1.92. The number of carbonyl (C=O) groups excluding carboxylic acids is 1. The summed E-state index contributed by atoms with van der Waals surface area (Å²) in [5.41, 5.74) is 0.101. The molecule has 0 N–H and O–H groups in total. The SMILES string of the molecule is CCOC(=O)Cc1ccc(S)cc1OC(F)(F)F. The minimum atomic E-state index is -4.81. The molecule has 0 saturated carbocycles. The number of esters is 1. The lowest BCUT2D eigenvalue weighted by atomic mass is 10.1. The quantitative estimate of drug-likeness (QED) is 0.680. The molecule has 1 aromatic carbocycles. The van der Waals surface area contributed by atoms with E-state index < -0.39 is 18.1 Å². The number of alkyl halides is 3. The molecular formula is C11H11F3O3S. The van der Waals surface area contributed by atoms with E-state index in [2.05, 4.69) is 22.1 Å². The van der Waals surface area contributed by atoms with Crippen LogP contribution >= 0.6 is 12.6 Å². The highest BCUT2D eigenvalue weighted by molar-refractivity contribution is 7.80. The molecule has 0 unspecified atom stereocenters. The summed E-state index contributed by atoms with van der Waals surface area (Å²) in [6.45, 7) is 1.78. The van der Waals surface area contributed by atoms with Gasteiger partial charge in [-0.05, 0) is 19.1 Å².